The van der Waals surface area contributed by atoms with Gasteiger partial charge in [-0.3, -0.25) is 4.79 Å². The molecular weight excluding hydrogens is 695 g/mol. The number of nitrogens with one attached hydrogen (secondary N) is 1. The van der Waals surface area contributed by atoms with Gasteiger partial charge in [0.2, 0.25) is 11.8 Å². The molecule has 1 saturated carbocycles. The van der Waals surface area contributed by atoms with Gasteiger partial charge < -0.3 is 33.9 Å². The van der Waals surface area contributed by atoms with Crippen molar-refractivity contribution in [3.8, 4) is 23.1 Å². The van der Waals surface area contributed by atoms with E-state index in [4.69, 9.17) is 18.7 Å². The number of ether oxygens (including phenoxy) is 3. The number of methoxy groups -OCH3 is 1. The van der Waals surface area contributed by atoms with Crippen LogP contribution in [-0.2, 0) is 11.3 Å². The van der Waals surface area contributed by atoms with E-state index in [1.807, 2.05) is 25.7 Å². The van der Waals surface area contributed by atoms with Gasteiger partial charge in [-0.2, -0.15) is 9.37 Å². The first-order valence-electron chi connectivity index (χ1n) is 17.5. The van der Waals surface area contributed by atoms with Crippen LogP contribution < -0.4 is 19.7 Å². The predicted octanol–water partition coefficient (Wildman–Crippen LogP) is 6.29. The van der Waals surface area contributed by atoms with Crippen molar-refractivity contribution in [1.29, 1.82) is 0 Å². The molecule has 2 aliphatic rings. The number of nitrogens with zero attached hydrogens (tertiary/aromatic N) is 6. The summed E-state index contributed by atoms with van der Waals surface area (Å²) in [5, 5.41) is 6.83. The summed E-state index contributed by atoms with van der Waals surface area (Å²) in [5.41, 5.74) is -0.229. The van der Waals surface area contributed by atoms with Crippen LogP contribution in [-0.4, -0.2) is 82.4 Å². The lowest BCUT2D eigenvalue weighted by atomic mass is 9.81. The molecule has 0 bridgehead atoms. The van der Waals surface area contributed by atoms with Crippen molar-refractivity contribution in [2.45, 2.75) is 64.6 Å². The maximum atomic E-state index is 14.9. The summed E-state index contributed by atoms with van der Waals surface area (Å²) in [6.45, 7) is 7.53. The number of aromatic nitrogens is 4. The van der Waals surface area contributed by atoms with E-state index in [0.717, 1.165) is 0 Å². The Balaban J connectivity index is 0.978. The van der Waals surface area contributed by atoms with Crippen LogP contribution in [0.15, 0.2) is 47.1 Å². The van der Waals surface area contributed by atoms with Crippen LogP contribution >= 0.6 is 0 Å². The molecule has 2 amide bonds. The molecule has 0 atom stereocenters. The number of piperazine rings is 1. The molecule has 1 saturated heterocycles. The van der Waals surface area contributed by atoms with Crippen molar-refractivity contribution in [3.05, 3.63) is 77.0 Å². The Hall–Kier alpha value is -5.41. The van der Waals surface area contributed by atoms with Gasteiger partial charge in [0.25, 0.3) is 11.8 Å². The van der Waals surface area contributed by atoms with Crippen LogP contribution in [0.5, 0.6) is 11.5 Å². The van der Waals surface area contributed by atoms with Crippen molar-refractivity contribution in [2.24, 2.45) is 5.92 Å². The highest BCUT2D eigenvalue weighted by Crippen LogP contribution is 2.35. The molecule has 1 N–H and O–H groups in total. The molecule has 0 radical (unpaired) electrons. The van der Waals surface area contributed by atoms with E-state index in [1.54, 1.807) is 41.4 Å². The molecule has 2 aromatic carbocycles. The van der Waals surface area contributed by atoms with E-state index in [0.29, 0.717) is 86.7 Å². The Morgan fingerprint density at radius 2 is 1.68 bits per heavy atom. The highest BCUT2D eigenvalue weighted by atomic mass is 19.2. The van der Waals surface area contributed by atoms with Crippen molar-refractivity contribution in [2.75, 3.05) is 44.7 Å². The van der Waals surface area contributed by atoms with Gasteiger partial charge in [0.1, 0.15) is 23.7 Å². The number of rotatable bonds is 10. The average molecular weight is 738 g/mol. The fraction of sp³-hybridized carbons (Fsp3) is 0.459. The second kappa shape index (κ2) is 16.1. The van der Waals surface area contributed by atoms with Gasteiger partial charge in [-0.05, 0) is 82.2 Å². The first-order chi connectivity index (χ1) is 25.4. The van der Waals surface area contributed by atoms with Crippen molar-refractivity contribution in [3.63, 3.8) is 0 Å². The maximum Gasteiger partial charge on any atom is 0.410 e. The number of anilines is 1. The zero-order valence-corrected chi connectivity index (χ0v) is 30.0. The topological polar surface area (TPSA) is 145 Å². The molecule has 6 rings (SSSR count). The molecule has 3 heterocycles. The van der Waals surface area contributed by atoms with Gasteiger partial charge in [-0.15, -0.1) is 0 Å². The number of carbonyl (C=O) groups is 2. The van der Waals surface area contributed by atoms with Crippen molar-refractivity contribution >= 4 is 17.9 Å². The first kappa shape index (κ1) is 37.4. The van der Waals surface area contributed by atoms with Crippen molar-refractivity contribution in [1.82, 2.24) is 30.3 Å². The number of hydrogen-bond donors (Lipinski definition) is 1. The fourth-order valence-corrected chi connectivity index (χ4v) is 6.25. The molecule has 0 spiro atoms. The minimum Gasteiger partial charge on any atom is -0.497 e. The van der Waals surface area contributed by atoms with Crippen LogP contribution in [0, 0.1) is 23.4 Å². The normalized spacial score (nSPS) is 17.7. The van der Waals surface area contributed by atoms with E-state index < -0.39 is 40.3 Å². The highest BCUT2D eigenvalue weighted by molar-refractivity contribution is 5.94. The van der Waals surface area contributed by atoms with E-state index in [-0.39, 0.29) is 37.0 Å². The zero-order chi connectivity index (χ0) is 37.7. The number of hydrogen-bond acceptors (Lipinski definition) is 11. The van der Waals surface area contributed by atoms with Crippen LogP contribution in [0.2, 0.25) is 0 Å². The maximum absolute atomic E-state index is 14.9. The van der Waals surface area contributed by atoms with Gasteiger partial charge in [0.15, 0.2) is 23.2 Å². The van der Waals surface area contributed by atoms with Crippen LogP contribution in [0.3, 0.4) is 0 Å². The monoisotopic (exact) mass is 737 g/mol. The largest absolute Gasteiger partial charge is 0.497 e. The van der Waals surface area contributed by atoms with Gasteiger partial charge in [0.05, 0.1) is 12.7 Å². The summed E-state index contributed by atoms with van der Waals surface area (Å²) in [6.07, 6.45) is 4.14. The third-order valence-electron chi connectivity index (χ3n) is 9.18. The minimum atomic E-state index is -1.57. The fourth-order valence-electron chi connectivity index (χ4n) is 6.25. The molecule has 2 fully saturated rings. The molecule has 16 heteroatoms. The molecule has 13 nitrogen and oxygen atoms in total. The molecule has 282 valence electrons. The molecule has 4 aromatic rings. The predicted molar refractivity (Wildman–Crippen MR) is 186 cm³/mol. The number of benzene rings is 2. The zero-order valence-electron chi connectivity index (χ0n) is 30.0. The lowest BCUT2D eigenvalue weighted by molar-refractivity contribution is 0.0240. The first-order valence-corrected chi connectivity index (χ1v) is 17.5. The standard InChI is InChI=1S/C37H42F3N7O6/c1-37(2,3)52-36(49)47-17-15-46(16-18-47)35-41-14-13-28(43-35)34-44-32(45-53-34)24-9-5-22(6-10-24)20-42-33(48)26-19-27(38)31(30(40)29(26)39)51-21-23-7-11-25(50-4)12-8-23/h7-8,11-14,19,22,24H,5-6,9-10,15-18,20-21H2,1-4H3,(H,42,48). The number of halogens is 3. The molecule has 1 aliphatic heterocycles. The molecule has 0 unspecified atom stereocenters. The molecule has 2 aromatic heterocycles. The number of amides is 2. The van der Waals surface area contributed by atoms with Crippen LogP contribution in [0.1, 0.15) is 74.1 Å². The Kier molecular flexibility index (Phi) is 11.3. The van der Waals surface area contributed by atoms with Gasteiger partial charge >= 0.3 is 6.09 Å². The van der Waals surface area contributed by atoms with Crippen molar-refractivity contribution < 1.29 is 41.5 Å². The lowest BCUT2D eigenvalue weighted by Gasteiger charge is -2.35. The van der Waals surface area contributed by atoms with Crippen LogP contribution in [0.4, 0.5) is 23.9 Å². The average Bonchev–Trinajstić information content (AvgIpc) is 3.66. The van der Waals surface area contributed by atoms with E-state index in [9.17, 15) is 22.8 Å². The molecule has 53 heavy (non-hydrogen) atoms. The van der Waals surface area contributed by atoms with Gasteiger partial charge in [-0.1, -0.05) is 17.3 Å². The summed E-state index contributed by atoms with van der Waals surface area (Å²) in [4.78, 5) is 42.5. The summed E-state index contributed by atoms with van der Waals surface area (Å²) in [7, 11) is 1.51. The van der Waals surface area contributed by atoms with Crippen LogP contribution in [0.25, 0.3) is 11.6 Å². The lowest BCUT2D eigenvalue weighted by Crippen LogP contribution is -2.50. The molecular formula is C37H42F3N7O6. The molecule has 1 aliphatic carbocycles. The summed E-state index contributed by atoms with van der Waals surface area (Å²) >= 11 is 0. The van der Waals surface area contributed by atoms with E-state index in [1.165, 1.54) is 7.11 Å². The summed E-state index contributed by atoms with van der Waals surface area (Å²) in [5.74, 6) is -4.05. The van der Waals surface area contributed by atoms with Gasteiger partial charge in [0, 0.05) is 44.8 Å². The van der Waals surface area contributed by atoms with E-state index >= 15 is 0 Å². The smallest absolute Gasteiger partial charge is 0.410 e. The number of carbonyl (C=O) groups excluding carboxylic acids is 2. The minimum absolute atomic E-state index is 0.0211. The Morgan fingerprint density at radius 1 is 0.962 bits per heavy atom. The Bertz CT molecular complexity index is 1900. The summed E-state index contributed by atoms with van der Waals surface area (Å²) < 4.78 is 65.9. The summed E-state index contributed by atoms with van der Waals surface area (Å²) in [6, 6.07) is 8.96. The quantitative estimate of drug-likeness (QED) is 0.183. The van der Waals surface area contributed by atoms with Gasteiger partial charge in [-0.25, -0.2) is 23.5 Å². The third-order valence-corrected chi connectivity index (χ3v) is 9.18. The Labute approximate surface area is 304 Å². The Morgan fingerprint density at radius 3 is 2.36 bits per heavy atom. The SMILES string of the molecule is COc1ccc(COc2c(F)cc(C(=O)NCC3CCC(c4noc(-c5ccnc(N6CCN(C(=O)OC(C)(C)C)CC6)n5)n4)CC3)c(F)c2F)cc1. The highest BCUT2D eigenvalue weighted by Gasteiger charge is 2.30. The third kappa shape index (κ3) is 9.15. The van der Waals surface area contributed by atoms with E-state index in [2.05, 4.69) is 25.4 Å². The second-order valence-corrected chi connectivity index (χ2v) is 14.1. The second-order valence-electron chi connectivity index (χ2n) is 14.1.